The third-order valence-corrected chi connectivity index (χ3v) is 8.61. The molecule has 1 heterocycles. The molecule has 4 nitrogen and oxygen atoms in total. The zero-order valence-electron chi connectivity index (χ0n) is 13.9. The van der Waals surface area contributed by atoms with E-state index >= 15 is 0 Å². The lowest BCUT2D eigenvalue weighted by molar-refractivity contribution is -0.169. The van der Waals surface area contributed by atoms with E-state index < -0.39 is 8.32 Å². The van der Waals surface area contributed by atoms with Crippen molar-refractivity contribution in [2.75, 3.05) is 19.8 Å². The van der Waals surface area contributed by atoms with Crippen LogP contribution < -0.4 is 0 Å². The van der Waals surface area contributed by atoms with Crippen LogP contribution in [0.2, 0.25) is 18.1 Å². The minimum absolute atomic E-state index is 0.106. The first kappa shape index (κ1) is 18.0. The van der Waals surface area contributed by atoms with Gasteiger partial charge in [0.1, 0.15) is 12.8 Å². The summed E-state index contributed by atoms with van der Waals surface area (Å²) in [6, 6.07) is 0. The Kier molecular flexibility index (Phi) is 6.20. The highest BCUT2D eigenvalue weighted by Crippen LogP contribution is 2.36. The molecule has 21 heavy (non-hydrogen) atoms. The zero-order valence-corrected chi connectivity index (χ0v) is 14.9. The molecule has 0 N–H and O–H groups in total. The molecule has 0 aliphatic carbocycles. The maximum atomic E-state index is 11.3. The number of amides is 1. The first-order valence-corrected chi connectivity index (χ1v) is 10.2. The second kappa shape index (κ2) is 7.26. The van der Waals surface area contributed by atoms with Gasteiger partial charge in [-0.2, -0.15) is 0 Å². The average Bonchev–Trinajstić information content (AvgIpc) is 2.37. The van der Waals surface area contributed by atoms with Gasteiger partial charge in [0.05, 0.1) is 13.0 Å². The van der Waals surface area contributed by atoms with Crippen LogP contribution in [0, 0.1) is 11.8 Å². The summed E-state index contributed by atoms with van der Waals surface area (Å²) < 4.78 is 11.5. The van der Waals surface area contributed by atoms with Crippen LogP contribution in [0.4, 0.5) is 0 Å². The van der Waals surface area contributed by atoms with Gasteiger partial charge in [0.25, 0.3) is 0 Å². The predicted molar refractivity (Wildman–Crippen MR) is 87.2 cm³/mol. The molecular weight excluding hydrogens is 282 g/mol. The quantitative estimate of drug-likeness (QED) is 0.328. The molecule has 118 valence electrons. The van der Waals surface area contributed by atoms with Crippen molar-refractivity contribution in [1.29, 1.82) is 0 Å². The lowest BCUT2D eigenvalue weighted by atomic mass is 10.1. The van der Waals surface area contributed by atoms with Crippen LogP contribution in [0.5, 0.6) is 0 Å². The molecule has 1 fully saturated rings. The van der Waals surface area contributed by atoms with Gasteiger partial charge in [-0.3, -0.25) is 4.79 Å². The summed E-state index contributed by atoms with van der Waals surface area (Å²) in [6.45, 7) is 16.0. The summed E-state index contributed by atoms with van der Waals surface area (Å²) >= 11 is 0. The van der Waals surface area contributed by atoms with E-state index in [1.165, 1.54) is 0 Å². The van der Waals surface area contributed by atoms with Gasteiger partial charge in [-0.15, -0.1) is 6.58 Å². The van der Waals surface area contributed by atoms with Crippen molar-refractivity contribution in [2.24, 2.45) is 0 Å². The average molecular weight is 309 g/mol. The van der Waals surface area contributed by atoms with E-state index in [2.05, 4.69) is 52.3 Å². The van der Waals surface area contributed by atoms with E-state index in [1.54, 1.807) is 11.0 Å². The van der Waals surface area contributed by atoms with E-state index in [4.69, 9.17) is 9.16 Å². The number of carbonyl (C=O) groups excluding carboxylic acids is 1. The number of nitrogens with zero attached hydrogens (tertiary/aromatic N) is 1. The molecule has 0 saturated carbocycles. The lowest BCUT2D eigenvalue weighted by Crippen LogP contribution is -2.53. The molecule has 1 amide bonds. The van der Waals surface area contributed by atoms with Crippen LogP contribution in [0.1, 0.15) is 27.2 Å². The van der Waals surface area contributed by atoms with E-state index in [0.29, 0.717) is 26.2 Å². The van der Waals surface area contributed by atoms with Crippen molar-refractivity contribution < 1.29 is 14.0 Å². The Morgan fingerprint density at radius 3 is 2.52 bits per heavy atom. The van der Waals surface area contributed by atoms with Crippen molar-refractivity contribution in [3.63, 3.8) is 0 Å². The summed E-state index contributed by atoms with van der Waals surface area (Å²) in [5.74, 6) is 6.04. The monoisotopic (exact) mass is 309 g/mol. The van der Waals surface area contributed by atoms with E-state index in [-0.39, 0.29) is 17.2 Å². The second-order valence-electron chi connectivity index (χ2n) is 6.71. The molecule has 1 saturated heterocycles. The van der Waals surface area contributed by atoms with Crippen LogP contribution in [0.25, 0.3) is 0 Å². The van der Waals surface area contributed by atoms with Gasteiger partial charge in [-0.1, -0.05) is 38.7 Å². The van der Waals surface area contributed by atoms with E-state index in [1.807, 2.05) is 0 Å². The fraction of sp³-hybridized carbons (Fsp3) is 0.688. The van der Waals surface area contributed by atoms with Crippen LogP contribution >= 0.6 is 0 Å². The number of hydrogen-bond acceptors (Lipinski definition) is 3. The summed E-state index contributed by atoms with van der Waals surface area (Å²) in [7, 11) is -1.72. The van der Waals surface area contributed by atoms with Crippen LogP contribution in [-0.2, 0) is 14.0 Å². The molecule has 0 radical (unpaired) electrons. The Morgan fingerprint density at radius 1 is 1.38 bits per heavy atom. The predicted octanol–water partition coefficient (Wildman–Crippen LogP) is 2.77. The molecule has 0 bridgehead atoms. The smallest absolute Gasteiger partial charge is 0.229 e. The number of likely N-dealkylation sites (tertiary alicyclic amines) is 1. The van der Waals surface area contributed by atoms with Crippen LogP contribution in [-0.4, -0.2) is 45.1 Å². The Morgan fingerprint density at radius 2 is 2.00 bits per heavy atom. The standard InChI is InChI=1S/C16H27NO3Si/c1-7-10-17-14(18)13-15(17)19-11-8-9-12-20-21(5,6)16(2,3)4/h7,15H,1,10-13H2,2-6H3. The van der Waals surface area contributed by atoms with Gasteiger partial charge in [-0.25, -0.2) is 0 Å². The zero-order chi connectivity index (χ0) is 16.1. The maximum absolute atomic E-state index is 11.3. The summed E-state index contributed by atoms with van der Waals surface area (Å²) in [5, 5.41) is 0.197. The van der Waals surface area contributed by atoms with Crippen molar-refractivity contribution >= 4 is 14.2 Å². The second-order valence-corrected chi connectivity index (χ2v) is 11.5. The Hall–Kier alpha value is -1.09. The Balaban J connectivity index is 2.26. The number of rotatable bonds is 6. The summed E-state index contributed by atoms with van der Waals surface area (Å²) in [5.41, 5.74) is 0. The molecule has 1 unspecified atom stereocenters. The fourth-order valence-electron chi connectivity index (χ4n) is 1.61. The SMILES string of the molecule is C=CCN1C(=O)CC1OCC#CCO[Si](C)(C)C(C)(C)C. The van der Waals surface area contributed by atoms with Gasteiger partial charge in [-0.05, 0) is 18.1 Å². The molecule has 0 spiro atoms. The number of hydrogen-bond donors (Lipinski definition) is 0. The minimum atomic E-state index is -1.72. The van der Waals surface area contributed by atoms with Crippen molar-refractivity contribution in [2.45, 2.75) is 51.6 Å². The van der Waals surface area contributed by atoms with Crippen LogP contribution in [0.15, 0.2) is 12.7 Å². The Bertz CT molecular complexity index is 443. The van der Waals surface area contributed by atoms with Gasteiger partial charge < -0.3 is 14.1 Å². The maximum Gasteiger partial charge on any atom is 0.229 e. The van der Waals surface area contributed by atoms with Gasteiger partial charge in [0, 0.05) is 6.54 Å². The lowest BCUT2D eigenvalue weighted by Gasteiger charge is -2.38. The van der Waals surface area contributed by atoms with E-state index in [9.17, 15) is 4.79 Å². The van der Waals surface area contributed by atoms with Gasteiger partial charge in [0.2, 0.25) is 5.91 Å². The molecule has 5 heteroatoms. The highest BCUT2D eigenvalue weighted by molar-refractivity contribution is 6.74. The van der Waals surface area contributed by atoms with Crippen molar-refractivity contribution in [1.82, 2.24) is 4.90 Å². The van der Waals surface area contributed by atoms with Crippen molar-refractivity contribution in [3.8, 4) is 11.8 Å². The highest BCUT2D eigenvalue weighted by Gasteiger charge is 2.37. The molecule has 0 aromatic rings. The third-order valence-electron chi connectivity index (χ3n) is 4.13. The number of β-lactam (4-membered cyclic amide) rings is 1. The van der Waals surface area contributed by atoms with Gasteiger partial charge in [0.15, 0.2) is 8.32 Å². The first-order valence-electron chi connectivity index (χ1n) is 7.30. The topological polar surface area (TPSA) is 38.8 Å². The van der Waals surface area contributed by atoms with Crippen LogP contribution in [0.3, 0.4) is 0 Å². The summed E-state index contributed by atoms with van der Waals surface area (Å²) in [4.78, 5) is 13.0. The molecule has 1 aliphatic rings. The third kappa shape index (κ3) is 4.99. The fourth-order valence-corrected chi connectivity index (χ4v) is 2.47. The largest absolute Gasteiger partial charge is 0.406 e. The van der Waals surface area contributed by atoms with Crippen molar-refractivity contribution in [3.05, 3.63) is 12.7 Å². The molecule has 1 rings (SSSR count). The molecular formula is C16H27NO3Si. The van der Waals surface area contributed by atoms with Gasteiger partial charge >= 0.3 is 0 Å². The first-order chi connectivity index (χ1) is 9.69. The Labute approximate surface area is 129 Å². The van der Waals surface area contributed by atoms with E-state index in [0.717, 1.165) is 0 Å². The molecule has 0 aromatic heterocycles. The minimum Gasteiger partial charge on any atom is -0.406 e. The normalized spacial score (nSPS) is 18.8. The number of ether oxygens (including phenoxy) is 1. The molecule has 1 atom stereocenters. The summed E-state index contributed by atoms with van der Waals surface area (Å²) in [6.07, 6.45) is 1.99. The highest BCUT2D eigenvalue weighted by atomic mass is 28.4. The molecule has 0 aromatic carbocycles. The number of carbonyl (C=O) groups is 1. The molecule has 1 aliphatic heterocycles.